The maximum absolute atomic E-state index is 9.09. The van der Waals surface area contributed by atoms with Crippen molar-refractivity contribution in [3.8, 4) is 0 Å². The number of fused-ring (bicyclic) bond motifs is 1. The Kier molecular flexibility index (Phi) is 15.2. The van der Waals surface area contributed by atoms with Gasteiger partial charge >= 0.3 is 0 Å². The first-order valence-electron chi connectivity index (χ1n) is 8.33. The number of aromatic nitrogens is 3. The summed E-state index contributed by atoms with van der Waals surface area (Å²) in [6, 6.07) is 2.05. The Balaban J connectivity index is 0. The quantitative estimate of drug-likeness (QED) is 0.769. The minimum atomic E-state index is -0.143. The van der Waals surface area contributed by atoms with Crippen molar-refractivity contribution in [3.63, 3.8) is 0 Å². The maximum atomic E-state index is 9.09. The number of hydrogen-bond acceptors (Lipinski definition) is 6. The number of aliphatic hydroxyl groups excluding tert-OH is 2. The molecule has 0 aromatic carbocycles. The Bertz CT molecular complexity index is 540. The zero-order chi connectivity index (χ0) is 19.1. The van der Waals surface area contributed by atoms with Crippen LogP contribution in [0.5, 0.6) is 0 Å². The van der Waals surface area contributed by atoms with E-state index in [-0.39, 0.29) is 12.7 Å². The molecule has 24 heavy (non-hydrogen) atoms. The molecule has 0 aliphatic rings. The second kappa shape index (κ2) is 14.9. The average Bonchev–Trinajstić information content (AvgIpc) is 2.98. The zero-order valence-electron chi connectivity index (χ0n) is 16.1. The molecule has 2 heterocycles. The largest absolute Gasteiger partial charge is 0.400 e. The van der Waals surface area contributed by atoms with Crippen LogP contribution in [0.25, 0.3) is 5.52 Å². The summed E-state index contributed by atoms with van der Waals surface area (Å²) in [6.45, 7) is 10.0. The number of nitrogens with zero attached hydrogens (tertiary/aromatic N) is 3. The fraction of sp³-hybridized carbons (Fsp3) is 0.647. The molecule has 0 fully saturated rings. The smallest absolute Gasteiger partial charge is 0.151 e. The van der Waals surface area contributed by atoms with Gasteiger partial charge in [0.15, 0.2) is 5.82 Å². The highest BCUT2D eigenvalue weighted by molar-refractivity contribution is 5.70. The number of aliphatic hydroxyl groups is 2. The van der Waals surface area contributed by atoms with E-state index in [1.807, 2.05) is 45.2 Å². The molecule has 1 atom stereocenters. The first-order chi connectivity index (χ1) is 11.7. The summed E-state index contributed by atoms with van der Waals surface area (Å²) < 4.78 is 6.95. The third-order valence-corrected chi connectivity index (χ3v) is 3.11. The van der Waals surface area contributed by atoms with Crippen molar-refractivity contribution < 1.29 is 14.9 Å². The molecular weight excluding hydrogens is 308 g/mol. The summed E-state index contributed by atoms with van der Waals surface area (Å²) in [5, 5.41) is 20.3. The highest BCUT2D eigenvalue weighted by Gasteiger charge is 2.12. The molecule has 2 aromatic heterocycles. The first-order valence-corrected chi connectivity index (χ1v) is 8.33. The average molecular weight is 342 g/mol. The molecule has 0 saturated heterocycles. The summed E-state index contributed by atoms with van der Waals surface area (Å²) in [5.74, 6) is 0.485. The van der Waals surface area contributed by atoms with Gasteiger partial charge in [0, 0.05) is 19.9 Å². The van der Waals surface area contributed by atoms with E-state index in [0.29, 0.717) is 5.82 Å². The summed E-state index contributed by atoms with van der Waals surface area (Å²) in [6.07, 6.45) is 2.81. The molecule has 0 radical (unpaired) electrons. The number of nitrogen functional groups attached to an aromatic ring is 1. The Hall–Kier alpha value is -1.70. The third kappa shape index (κ3) is 6.82. The summed E-state index contributed by atoms with van der Waals surface area (Å²) in [4.78, 5) is 3.99. The van der Waals surface area contributed by atoms with Crippen LogP contribution >= 0.6 is 0 Å². The van der Waals surface area contributed by atoms with E-state index in [9.17, 15) is 0 Å². The highest BCUT2D eigenvalue weighted by Crippen LogP contribution is 2.20. The molecule has 7 nitrogen and oxygen atoms in total. The fourth-order valence-corrected chi connectivity index (χ4v) is 2.10. The second-order valence-electron chi connectivity index (χ2n) is 4.30. The van der Waals surface area contributed by atoms with Crippen molar-refractivity contribution in [2.24, 2.45) is 0 Å². The number of hydrogen-bond donors (Lipinski definition) is 3. The van der Waals surface area contributed by atoms with Gasteiger partial charge in [-0.15, -0.1) is 0 Å². The van der Waals surface area contributed by atoms with Crippen LogP contribution in [-0.4, -0.2) is 51.7 Å². The van der Waals surface area contributed by atoms with Gasteiger partial charge in [0.05, 0.1) is 12.7 Å². The number of ether oxygens (including phenoxy) is 1. The van der Waals surface area contributed by atoms with Gasteiger partial charge in [0.2, 0.25) is 0 Å². The van der Waals surface area contributed by atoms with Gasteiger partial charge in [-0.3, -0.25) is 0 Å². The van der Waals surface area contributed by atoms with Crippen molar-refractivity contribution in [1.29, 1.82) is 0 Å². The van der Waals surface area contributed by atoms with Crippen LogP contribution in [0.2, 0.25) is 0 Å². The van der Waals surface area contributed by atoms with E-state index in [1.165, 1.54) is 6.33 Å². The summed E-state index contributed by atoms with van der Waals surface area (Å²) in [7, 11) is 2.60. The Morgan fingerprint density at radius 1 is 1.25 bits per heavy atom. The lowest BCUT2D eigenvalue weighted by Crippen LogP contribution is -2.16. The summed E-state index contributed by atoms with van der Waals surface area (Å²) >= 11 is 0. The van der Waals surface area contributed by atoms with Crippen LogP contribution in [0.15, 0.2) is 12.4 Å². The standard InChI is InChI=1S/C12H18N4O2.2C2H6.CH4O/c1-8-5-9(3-4-10(6-17)18-2)16-11(8)12(13)14-7-15-16;3*1-2/h5,7,10,17H,3-4,6H2,1-2H3,(H2,13,14,15);2*1-2H3;2H,1H3. The monoisotopic (exact) mass is 342 g/mol. The van der Waals surface area contributed by atoms with E-state index in [1.54, 1.807) is 7.11 Å². The van der Waals surface area contributed by atoms with Gasteiger partial charge in [-0.1, -0.05) is 27.7 Å². The fourth-order valence-electron chi connectivity index (χ4n) is 2.10. The maximum Gasteiger partial charge on any atom is 0.151 e. The Labute approximate surface area is 145 Å². The van der Waals surface area contributed by atoms with E-state index in [0.717, 1.165) is 36.7 Å². The first kappa shape index (κ1) is 24.6. The SMILES string of the molecule is CC.CC.CO.COC(CO)CCc1cc(C)c2c(N)ncnn12. The lowest BCUT2D eigenvalue weighted by atomic mass is 10.1. The molecular formula is C17H34N4O3. The number of nitrogens with two attached hydrogens (primary N) is 1. The molecule has 0 saturated carbocycles. The van der Waals surface area contributed by atoms with Crippen molar-refractivity contribution in [2.75, 3.05) is 26.6 Å². The van der Waals surface area contributed by atoms with Gasteiger partial charge in [-0.25, -0.2) is 9.50 Å². The van der Waals surface area contributed by atoms with E-state index in [4.69, 9.17) is 20.7 Å². The molecule has 0 aliphatic heterocycles. The predicted molar refractivity (Wildman–Crippen MR) is 99.2 cm³/mol. The Morgan fingerprint density at radius 3 is 2.33 bits per heavy atom. The predicted octanol–water partition coefficient (Wildman–Crippen LogP) is 2.22. The molecule has 2 rings (SSSR count). The van der Waals surface area contributed by atoms with Crippen LogP contribution in [0, 0.1) is 6.92 Å². The molecule has 0 spiro atoms. The molecule has 1 unspecified atom stereocenters. The van der Waals surface area contributed by atoms with Gasteiger partial charge in [0.25, 0.3) is 0 Å². The van der Waals surface area contributed by atoms with Crippen LogP contribution < -0.4 is 5.73 Å². The Morgan fingerprint density at radius 2 is 1.83 bits per heavy atom. The van der Waals surface area contributed by atoms with Crippen molar-refractivity contribution >= 4 is 11.3 Å². The molecule has 140 valence electrons. The van der Waals surface area contributed by atoms with E-state index >= 15 is 0 Å². The van der Waals surface area contributed by atoms with Crippen molar-refractivity contribution in [1.82, 2.24) is 14.6 Å². The van der Waals surface area contributed by atoms with Crippen LogP contribution in [0.3, 0.4) is 0 Å². The minimum absolute atomic E-state index is 0.0237. The summed E-state index contributed by atoms with van der Waals surface area (Å²) in [5.41, 5.74) is 8.80. The second-order valence-corrected chi connectivity index (χ2v) is 4.30. The normalized spacial score (nSPS) is 10.5. The van der Waals surface area contributed by atoms with Gasteiger partial charge < -0.3 is 20.7 Å². The minimum Gasteiger partial charge on any atom is -0.400 e. The van der Waals surface area contributed by atoms with Crippen LogP contribution in [0.4, 0.5) is 5.82 Å². The number of anilines is 1. The third-order valence-electron chi connectivity index (χ3n) is 3.11. The molecule has 7 heteroatoms. The van der Waals surface area contributed by atoms with Crippen LogP contribution in [0.1, 0.15) is 45.4 Å². The van der Waals surface area contributed by atoms with Gasteiger partial charge in [0.1, 0.15) is 11.8 Å². The lowest BCUT2D eigenvalue weighted by molar-refractivity contribution is 0.0433. The van der Waals surface area contributed by atoms with E-state index < -0.39 is 0 Å². The van der Waals surface area contributed by atoms with Crippen LogP contribution in [-0.2, 0) is 11.2 Å². The number of methoxy groups -OCH3 is 1. The topological polar surface area (TPSA) is 106 Å². The van der Waals surface area contributed by atoms with Gasteiger partial charge in [-0.2, -0.15) is 5.10 Å². The molecule has 0 amide bonds. The molecule has 2 aromatic rings. The van der Waals surface area contributed by atoms with Crippen molar-refractivity contribution in [2.45, 2.75) is 53.6 Å². The molecule has 4 N–H and O–H groups in total. The van der Waals surface area contributed by atoms with Crippen molar-refractivity contribution in [3.05, 3.63) is 23.7 Å². The lowest BCUT2D eigenvalue weighted by Gasteiger charge is -2.11. The zero-order valence-corrected chi connectivity index (χ0v) is 16.1. The number of rotatable bonds is 5. The van der Waals surface area contributed by atoms with Gasteiger partial charge in [-0.05, 0) is 31.4 Å². The molecule has 0 aliphatic carbocycles. The highest BCUT2D eigenvalue weighted by atomic mass is 16.5. The number of aryl methyl sites for hydroxylation is 2. The molecule has 0 bridgehead atoms. The van der Waals surface area contributed by atoms with E-state index in [2.05, 4.69) is 10.1 Å².